The largest absolute Gasteiger partial charge is 0.333 e. The van der Waals surface area contributed by atoms with Crippen molar-refractivity contribution in [2.24, 2.45) is 12.1 Å². The highest BCUT2D eigenvalue weighted by Gasteiger charge is 2.06. The normalized spacial score (nSPS) is 11.5. The zero-order valence-electron chi connectivity index (χ0n) is 10.5. The van der Waals surface area contributed by atoms with Crippen molar-refractivity contribution in [3.8, 4) is 0 Å². The Morgan fingerprint density at radius 1 is 1.37 bits per heavy atom. The smallest absolute Gasteiger partial charge is 0.167 e. The number of anilines is 1. The van der Waals surface area contributed by atoms with E-state index in [2.05, 4.69) is 30.9 Å². The predicted octanol–water partition coefficient (Wildman–Crippen LogP) is 2.18. The van der Waals surface area contributed by atoms with Crippen molar-refractivity contribution < 1.29 is 0 Å². The first-order valence-electron chi connectivity index (χ1n) is 5.71. The van der Waals surface area contributed by atoms with Crippen LogP contribution < -0.4 is 5.43 Å². The fourth-order valence-corrected chi connectivity index (χ4v) is 2.64. The van der Waals surface area contributed by atoms with Crippen LogP contribution in [0.2, 0.25) is 0 Å². The molecule has 0 aliphatic heterocycles. The SMILES string of the molecule is Cc1csc2c(NN=Cc3nccn3C)ncnc12. The summed E-state index contributed by atoms with van der Waals surface area (Å²) in [5.41, 5.74) is 5.06. The van der Waals surface area contributed by atoms with Gasteiger partial charge < -0.3 is 4.57 Å². The van der Waals surface area contributed by atoms with E-state index in [9.17, 15) is 0 Å². The topological polar surface area (TPSA) is 68.0 Å². The maximum absolute atomic E-state index is 4.26. The van der Waals surface area contributed by atoms with Crippen LogP contribution in [0.25, 0.3) is 10.2 Å². The molecule has 0 amide bonds. The third-order valence-electron chi connectivity index (χ3n) is 2.74. The lowest BCUT2D eigenvalue weighted by Gasteiger charge is -2.00. The van der Waals surface area contributed by atoms with E-state index >= 15 is 0 Å². The van der Waals surface area contributed by atoms with Gasteiger partial charge in [-0.05, 0) is 17.9 Å². The number of thiophene rings is 1. The molecule has 96 valence electrons. The van der Waals surface area contributed by atoms with Crippen LogP contribution in [0, 0.1) is 6.92 Å². The van der Waals surface area contributed by atoms with E-state index in [0.717, 1.165) is 21.6 Å². The number of hydrazone groups is 1. The molecule has 3 aromatic heterocycles. The van der Waals surface area contributed by atoms with E-state index in [1.54, 1.807) is 30.1 Å². The van der Waals surface area contributed by atoms with Crippen LogP contribution in [-0.4, -0.2) is 25.7 Å². The molecule has 3 aromatic rings. The monoisotopic (exact) mass is 272 g/mol. The van der Waals surface area contributed by atoms with Gasteiger partial charge in [-0.2, -0.15) is 5.10 Å². The van der Waals surface area contributed by atoms with Gasteiger partial charge in [0.25, 0.3) is 0 Å². The molecule has 19 heavy (non-hydrogen) atoms. The summed E-state index contributed by atoms with van der Waals surface area (Å²) in [6.07, 6.45) is 6.80. The molecule has 0 atom stereocenters. The van der Waals surface area contributed by atoms with E-state index in [-0.39, 0.29) is 0 Å². The number of hydrogen-bond acceptors (Lipinski definition) is 6. The maximum atomic E-state index is 4.26. The Balaban J connectivity index is 1.86. The molecule has 0 saturated carbocycles. The van der Waals surface area contributed by atoms with E-state index in [4.69, 9.17) is 0 Å². The van der Waals surface area contributed by atoms with Crippen LogP contribution >= 0.6 is 11.3 Å². The molecule has 0 bridgehead atoms. The second kappa shape index (κ2) is 4.77. The summed E-state index contributed by atoms with van der Waals surface area (Å²) in [5.74, 6) is 1.49. The van der Waals surface area contributed by atoms with Gasteiger partial charge in [-0.3, -0.25) is 5.43 Å². The van der Waals surface area contributed by atoms with Crippen molar-refractivity contribution in [1.82, 2.24) is 19.5 Å². The fourth-order valence-electron chi connectivity index (χ4n) is 1.70. The molecule has 0 aromatic carbocycles. The number of aryl methyl sites for hydroxylation is 2. The van der Waals surface area contributed by atoms with Crippen molar-refractivity contribution in [3.05, 3.63) is 35.5 Å². The fraction of sp³-hybridized carbons (Fsp3) is 0.167. The number of aromatic nitrogens is 4. The summed E-state index contributed by atoms with van der Waals surface area (Å²) in [7, 11) is 1.92. The minimum absolute atomic E-state index is 0.716. The van der Waals surface area contributed by atoms with Crippen LogP contribution in [0.3, 0.4) is 0 Å². The number of hydrogen-bond donors (Lipinski definition) is 1. The molecular formula is C12H12N6S. The van der Waals surface area contributed by atoms with Crippen LogP contribution in [0.1, 0.15) is 11.4 Å². The zero-order valence-corrected chi connectivity index (χ0v) is 11.3. The van der Waals surface area contributed by atoms with Gasteiger partial charge in [0.15, 0.2) is 11.6 Å². The summed E-state index contributed by atoms with van der Waals surface area (Å²) in [5, 5.41) is 6.22. The molecule has 3 heterocycles. The number of fused-ring (bicyclic) bond motifs is 1. The molecule has 0 spiro atoms. The molecular weight excluding hydrogens is 260 g/mol. The van der Waals surface area contributed by atoms with Crippen molar-refractivity contribution in [1.29, 1.82) is 0 Å². The molecule has 0 aliphatic rings. The molecule has 7 heteroatoms. The van der Waals surface area contributed by atoms with Crippen LogP contribution in [0.4, 0.5) is 5.82 Å². The number of imidazole rings is 1. The van der Waals surface area contributed by atoms with Gasteiger partial charge in [-0.1, -0.05) is 0 Å². The second-order valence-corrected chi connectivity index (χ2v) is 4.96. The van der Waals surface area contributed by atoms with Gasteiger partial charge in [-0.15, -0.1) is 11.3 Å². The quantitative estimate of drug-likeness (QED) is 0.586. The summed E-state index contributed by atoms with van der Waals surface area (Å²) in [6, 6.07) is 0. The van der Waals surface area contributed by atoms with Crippen LogP contribution in [0.5, 0.6) is 0 Å². The minimum Gasteiger partial charge on any atom is -0.333 e. The first-order valence-corrected chi connectivity index (χ1v) is 6.59. The summed E-state index contributed by atoms with van der Waals surface area (Å²) < 4.78 is 2.90. The molecule has 0 unspecified atom stereocenters. The lowest BCUT2D eigenvalue weighted by Crippen LogP contribution is -1.99. The molecule has 0 saturated heterocycles. The third-order valence-corrected chi connectivity index (χ3v) is 3.83. The standard InChI is InChI=1S/C12H12N6S/c1-8-6-19-11-10(8)14-7-15-12(11)17-16-5-9-13-3-4-18(9)2/h3-7H,1-2H3,(H,14,15,17). The second-order valence-electron chi connectivity index (χ2n) is 4.09. The molecule has 1 N–H and O–H groups in total. The van der Waals surface area contributed by atoms with E-state index in [1.807, 2.05) is 24.7 Å². The van der Waals surface area contributed by atoms with E-state index in [1.165, 1.54) is 0 Å². The maximum Gasteiger partial charge on any atom is 0.167 e. The van der Waals surface area contributed by atoms with E-state index in [0.29, 0.717) is 5.82 Å². The van der Waals surface area contributed by atoms with Gasteiger partial charge in [-0.25, -0.2) is 15.0 Å². The summed E-state index contributed by atoms with van der Waals surface area (Å²) >= 11 is 1.61. The highest BCUT2D eigenvalue weighted by atomic mass is 32.1. The Morgan fingerprint density at radius 3 is 3.05 bits per heavy atom. The zero-order chi connectivity index (χ0) is 13.2. The van der Waals surface area contributed by atoms with Crippen LogP contribution in [-0.2, 0) is 7.05 Å². The molecule has 0 aliphatic carbocycles. The summed E-state index contributed by atoms with van der Waals surface area (Å²) in [6.45, 7) is 2.03. The number of nitrogens with zero attached hydrogens (tertiary/aromatic N) is 5. The van der Waals surface area contributed by atoms with Crippen molar-refractivity contribution in [2.75, 3.05) is 5.43 Å². The van der Waals surface area contributed by atoms with Gasteiger partial charge in [0.1, 0.15) is 6.33 Å². The Kier molecular flexibility index (Phi) is 2.96. The van der Waals surface area contributed by atoms with E-state index < -0.39 is 0 Å². The highest BCUT2D eigenvalue weighted by molar-refractivity contribution is 7.18. The Bertz CT molecular complexity index is 742. The van der Waals surface area contributed by atoms with Gasteiger partial charge >= 0.3 is 0 Å². The van der Waals surface area contributed by atoms with Gasteiger partial charge in [0.05, 0.1) is 16.4 Å². The Labute approximate surface area is 113 Å². The Morgan fingerprint density at radius 2 is 2.26 bits per heavy atom. The van der Waals surface area contributed by atoms with Crippen molar-refractivity contribution >= 4 is 33.6 Å². The van der Waals surface area contributed by atoms with Gasteiger partial charge in [0, 0.05) is 19.4 Å². The van der Waals surface area contributed by atoms with Gasteiger partial charge in [0.2, 0.25) is 0 Å². The average Bonchev–Trinajstić information content (AvgIpc) is 2.98. The third kappa shape index (κ3) is 2.19. The van der Waals surface area contributed by atoms with Crippen molar-refractivity contribution in [3.63, 3.8) is 0 Å². The first-order chi connectivity index (χ1) is 9.25. The molecule has 0 fully saturated rings. The Hall–Kier alpha value is -2.28. The van der Waals surface area contributed by atoms with Crippen LogP contribution in [0.15, 0.2) is 29.2 Å². The minimum atomic E-state index is 0.716. The summed E-state index contributed by atoms with van der Waals surface area (Å²) in [4.78, 5) is 12.6. The average molecular weight is 272 g/mol. The highest BCUT2D eigenvalue weighted by Crippen LogP contribution is 2.28. The lowest BCUT2D eigenvalue weighted by atomic mass is 10.3. The molecule has 6 nitrogen and oxygen atoms in total. The predicted molar refractivity (Wildman–Crippen MR) is 76.6 cm³/mol. The van der Waals surface area contributed by atoms with Crippen molar-refractivity contribution in [2.45, 2.75) is 6.92 Å². The molecule has 3 rings (SSSR count). The lowest BCUT2D eigenvalue weighted by molar-refractivity contribution is 0.901. The molecule has 0 radical (unpaired) electrons. The first kappa shape index (κ1) is 11.8. The number of nitrogens with one attached hydrogen (secondary N) is 1. The number of rotatable bonds is 3.